The van der Waals surface area contributed by atoms with Crippen LogP contribution in [-0.4, -0.2) is 42.5 Å². The van der Waals surface area contributed by atoms with Gasteiger partial charge in [0.1, 0.15) is 17.5 Å². The van der Waals surface area contributed by atoms with Crippen LogP contribution < -0.4 is 14.8 Å². The van der Waals surface area contributed by atoms with Gasteiger partial charge in [0.2, 0.25) is 5.91 Å². The fourth-order valence-electron chi connectivity index (χ4n) is 3.39. The smallest absolute Gasteiger partial charge is 0.261 e. The second-order valence-electron chi connectivity index (χ2n) is 8.02. The van der Waals surface area contributed by atoms with Gasteiger partial charge in [0.15, 0.2) is 6.61 Å². The van der Waals surface area contributed by atoms with Crippen LogP contribution in [-0.2, 0) is 22.6 Å². The quantitative estimate of drug-likeness (QED) is 0.423. The summed E-state index contributed by atoms with van der Waals surface area (Å²) in [5, 5.41) is 3.01. The van der Waals surface area contributed by atoms with Crippen molar-refractivity contribution >= 4 is 27.7 Å². The fourth-order valence-corrected chi connectivity index (χ4v) is 3.93. The zero-order chi connectivity index (χ0) is 24.4. The van der Waals surface area contributed by atoms with Gasteiger partial charge in [-0.2, -0.15) is 0 Å². The van der Waals surface area contributed by atoms with Gasteiger partial charge in [-0.3, -0.25) is 9.59 Å². The minimum atomic E-state index is -0.594. The Morgan fingerprint density at radius 1 is 1.03 bits per heavy atom. The number of methoxy groups -OCH3 is 1. The molecule has 0 aromatic heterocycles. The summed E-state index contributed by atoms with van der Waals surface area (Å²) in [6.07, 6.45) is 2.23. The molecule has 7 heteroatoms. The van der Waals surface area contributed by atoms with Crippen molar-refractivity contribution in [3.63, 3.8) is 0 Å². The number of benzene rings is 2. The number of carbonyl (C=O) groups is 2. The third kappa shape index (κ3) is 7.77. The molecule has 2 amide bonds. The Balaban J connectivity index is 2.23. The normalized spacial score (nSPS) is 12.5. The summed E-state index contributed by atoms with van der Waals surface area (Å²) in [6.45, 7) is 8.11. The molecule has 6 nitrogen and oxygen atoms in total. The first kappa shape index (κ1) is 26.7. The van der Waals surface area contributed by atoms with E-state index < -0.39 is 6.04 Å². The molecule has 0 aliphatic carbocycles. The lowest BCUT2D eigenvalue weighted by molar-refractivity contribution is -0.143. The fraction of sp³-hybridized carbons (Fsp3) is 0.462. The minimum Gasteiger partial charge on any atom is -0.497 e. The lowest BCUT2D eigenvalue weighted by atomic mass is 10.1. The summed E-state index contributed by atoms with van der Waals surface area (Å²) in [6, 6.07) is 12.8. The van der Waals surface area contributed by atoms with E-state index in [2.05, 4.69) is 28.2 Å². The van der Waals surface area contributed by atoms with E-state index in [0.29, 0.717) is 18.7 Å². The van der Waals surface area contributed by atoms with Gasteiger partial charge in [0.05, 0.1) is 11.6 Å². The second kappa shape index (κ2) is 13.2. The van der Waals surface area contributed by atoms with Gasteiger partial charge in [-0.05, 0) is 77.5 Å². The van der Waals surface area contributed by atoms with E-state index in [0.717, 1.165) is 28.6 Å². The van der Waals surface area contributed by atoms with Gasteiger partial charge < -0.3 is 19.7 Å². The highest BCUT2D eigenvalue weighted by Gasteiger charge is 2.29. The summed E-state index contributed by atoms with van der Waals surface area (Å²) in [5.41, 5.74) is 2.09. The predicted octanol–water partition coefficient (Wildman–Crippen LogP) is 5.12. The molecule has 0 saturated carbocycles. The van der Waals surface area contributed by atoms with Gasteiger partial charge in [0, 0.05) is 12.6 Å². The van der Waals surface area contributed by atoms with Crippen LogP contribution in [0.1, 0.15) is 51.7 Å². The topological polar surface area (TPSA) is 67.9 Å². The standard InChI is InChI=1S/C26H35BrN2O4/c1-6-18(4)28-26(31)23(8-3)29(16-20-9-12-21(32-5)13-10-20)25(30)17-33-24-14-11-19(7-2)15-22(24)27/h9-15,18,23H,6-8,16-17H2,1-5H3,(H,28,31)/t18-,23-/m1/s1. The zero-order valence-electron chi connectivity index (χ0n) is 20.2. The molecule has 2 aromatic carbocycles. The highest BCUT2D eigenvalue weighted by molar-refractivity contribution is 9.10. The number of amides is 2. The number of ether oxygens (including phenoxy) is 2. The van der Waals surface area contributed by atoms with Gasteiger partial charge in [-0.1, -0.05) is 39.0 Å². The summed E-state index contributed by atoms with van der Waals surface area (Å²) in [7, 11) is 1.61. The average Bonchev–Trinajstić information content (AvgIpc) is 2.83. The van der Waals surface area contributed by atoms with Crippen LogP contribution in [0.15, 0.2) is 46.9 Å². The molecule has 0 bridgehead atoms. The van der Waals surface area contributed by atoms with Gasteiger partial charge in [-0.25, -0.2) is 0 Å². The Morgan fingerprint density at radius 3 is 2.24 bits per heavy atom. The van der Waals surface area contributed by atoms with E-state index in [1.165, 1.54) is 5.56 Å². The number of nitrogens with one attached hydrogen (secondary N) is 1. The average molecular weight is 519 g/mol. The van der Waals surface area contributed by atoms with Crippen molar-refractivity contribution in [2.75, 3.05) is 13.7 Å². The maximum atomic E-state index is 13.3. The highest BCUT2D eigenvalue weighted by atomic mass is 79.9. The molecule has 0 unspecified atom stereocenters. The summed E-state index contributed by atoms with van der Waals surface area (Å²) >= 11 is 3.52. The Morgan fingerprint density at radius 2 is 1.70 bits per heavy atom. The van der Waals surface area contributed by atoms with E-state index in [9.17, 15) is 9.59 Å². The molecule has 0 saturated heterocycles. The molecule has 0 radical (unpaired) electrons. The van der Waals surface area contributed by atoms with Crippen LogP contribution in [0.2, 0.25) is 0 Å². The summed E-state index contributed by atoms with van der Waals surface area (Å²) in [5.74, 6) is 0.939. The molecule has 0 aliphatic rings. The second-order valence-corrected chi connectivity index (χ2v) is 8.87. The third-order valence-corrected chi connectivity index (χ3v) is 6.27. The van der Waals surface area contributed by atoms with E-state index >= 15 is 0 Å². The molecule has 2 rings (SSSR count). The monoisotopic (exact) mass is 518 g/mol. The first-order valence-electron chi connectivity index (χ1n) is 11.5. The molecule has 0 fully saturated rings. The van der Waals surface area contributed by atoms with Crippen LogP contribution in [0.4, 0.5) is 0 Å². The molecule has 1 N–H and O–H groups in total. The van der Waals surface area contributed by atoms with Crippen molar-refractivity contribution in [3.8, 4) is 11.5 Å². The first-order valence-corrected chi connectivity index (χ1v) is 12.3. The lowest BCUT2D eigenvalue weighted by Crippen LogP contribution is -2.51. The Kier molecular flexibility index (Phi) is 10.7. The number of hydrogen-bond donors (Lipinski definition) is 1. The minimum absolute atomic E-state index is 0.0359. The van der Waals surface area contributed by atoms with Crippen LogP contribution in [0.5, 0.6) is 11.5 Å². The van der Waals surface area contributed by atoms with Crippen molar-refractivity contribution in [3.05, 3.63) is 58.1 Å². The number of rotatable bonds is 12. The zero-order valence-corrected chi connectivity index (χ0v) is 21.8. The molecule has 0 aliphatic heterocycles. The molecular weight excluding hydrogens is 484 g/mol. The number of nitrogens with zero attached hydrogens (tertiary/aromatic N) is 1. The van der Waals surface area contributed by atoms with Crippen molar-refractivity contribution in [1.82, 2.24) is 10.2 Å². The molecule has 180 valence electrons. The number of halogens is 1. The number of hydrogen-bond acceptors (Lipinski definition) is 4. The Labute approximate surface area is 205 Å². The van der Waals surface area contributed by atoms with Crippen LogP contribution in [0.3, 0.4) is 0 Å². The molecule has 33 heavy (non-hydrogen) atoms. The van der Waals surface area contributed by atoms with E-state index in [-0.39, 0.29) is 24.5 Å². The van der Waals surface area contributed by atoms with E-state index in [1.807, 2.05) is 63.2 Å². The van der Waals surface area contributed by atoms with Crippen molar-refractivity contribution in [1.29, 1.82) is 0 Å². The summed E-state index contributed by atoms with van der Waals surface area (Å²) in [4.78, 5) is 27.9. The van der Waals surface area contributed by atoms with Gasteiger partial charge >= 0.3 is 0 Å². The third-order valence-electron chi connectivity index (χ3n) is 5.65. The van der Waals surface area contributed by atoms with Crippen molar-refractivity contribution in [2.45, 2.75) is 65.6 Å². The Hall–Kier alpha value is -2.54. The lowest BCUT2D eigenvalue weighted by Gasteiger charge is -2.31. The van der Waals surface area contributed by atoms with Gasteiger partial charge in [0.25, 0.3) is 5.91 Å². The van der Waals surface area contributed by atoms with Crippen LogP contribution in [0, 0.1) is 0 Å². The maximum absolute atomic E-state index is 13.3. The molecular formula is C26H35BrN2O4. The SMILES string of the molecule is CCc1ccc(OCC(=O)N(Cc2ccc(OC)cc2)[C@H](CC)C(=O)N[C@H](C)CC)c(Br)c1. The van der Waals surface area contributed by atoms with Crippen LogP contribution in [0.25, 0.3) is 0 Å². The summed E-state index contributed by atoms with van der Waals surface area (Å²) < 4.78 is 11.9. The van der Waals surface area contributed by atoms with Crippen molar-refractivity contribution in [2.24, 2.45) is 0 Å². The van der Waals surface area contributed by atoms with E-state index in [4.69, 9.17) is 9.47 Å². The number of carbonyl (C=O) groups excluding carboxylic acids is 2. The van der Waals surface area contributed by atoms with Crippen molar-refractivity contribution < 1.29 is 19.1 Å². The first-order chi connectivity index (χ1) is 15.8. The largest absolute Gasteiger partial charge is 0.497 e. The molecule has 2 atom stereocenters. The maximum Gasteiger partial charge on any atom is 0.261 e. The molecule has 0 heterocycles. The van der Waals surface area contributed by atoms with Crippen LogP contribution >= 0.6 is 15.9 Å². The molecule has 0 spiro atoms. The Bertz CT molecular complexity index is 917. The molecule has 2 aromatic rings. The number of aryl methyl sites for hydroxylation is 1. The highest BCUT2D eigenvalue weighted by Crippen LogP contribution is 2.26. The van der Waals surface area contributed by atoms with Gasteiger partial charge in [-0.15, -0.1) is 0 Å². The predicted molar refractivity (Wildman–Crippen MR) is 135 cm³/mol. The van der Waals surface area contributed by atoms with E-state index in [1.54, 1.807) is 12.0 Å².